The molecular weight excluding hydrogens is 582 g/mol. The molecule has 46 heavy (non-hydrogen) atoms. The molecule has 7 rings (SSSR count). The minimum absolute atomic E-state index is 0.0165. The summed E-state index contributed by atoms with van der Waals surface area (Å²) in [5.41, 5.74) is 4.55. The topological polar surface area (TPSA) is 130 Å². The molecule has 3 fully saturated rings. The highest BCUT2D eigenvalue weighted by Crippen LogP contribution is 2.28. The van der Waals surface area contributed by atoms with E-state index < -0.39 is 5.92 Å². The number of aromatic amines is 1. The lowest BCUT2D eigenvalue weighted by Crippen LogP contribution is -2.59. The molecule has 12 nitrogen and oxygen atoms in total. The Hall–Kier alpha value is -4.03. The molecule has 2 unspecified atom stereocenters. The van der Waals surface area contributed by atoms with Crippen LogP contribution in [-0.4, -0.2) is 117 Å². The van der Waals surface area contributed by atoms with E-state index in [0.717, 1.165) is 99.1 Å². The van der Waals surface area contributed by atoms with E-state index in [2.05, 4.69) is 41.9 Å². The Morgan fingerprint density at radius 2 is 1.70 bits per heavy atom. The summed E-state index contributed by atoms with van der Waals surface area (Å²) in [5, 5.41) is 17.6. The molecule has 244 valence electrons. The highest BCUT2D eigenvalue weighted by molar-refractivity contribution is 5.91. The summed E-state index contributed by atoms with van der Waals surface area (Å²) in [6.45, 7) is 6.28. The number of hydrogen-bond donors (Lipinski definition) is 3. The second kappa shape index (κ2) is 13.8. The largest absolute Gasteiger partial charge is 0.343 e. The van der Waals surface area contributed by atoms with Gasteiger partial charge in [0.25, 0.3) is 0 Å². The maximum Gasteiger partial charge on any atom is 0.322 e. The fourth-order valence-electron chi connectivity index (χ4n) is 7.81. The molecule has 3 saturated heterocycles. The van der Waals surface area contributed by atoms with Crippen LogP contribution in [0.3, 0.4) is 0 Å². The molecular formula is C34H45N9O3. The number of para-hydroxylation sites is 1. The lowest BCUT2D eigenvalue weighted by molar-refractivity contribution is -0.148. The van der Waals surface area contributed by atoms with E-state index in [9.17, 15) is 14.4 Å². The molecule has 1 aromatic heterocycles. The van der Waals surface area contributed by atoms with Gasteiger partial charge in [-0.1, -0.05) is 24.3 Å². The summed E-state index contributed by atoms with van der Waals surface area (Å²) in [7, 11) is 0. The Bertz CT molecular complexity index is 1550. The number of hydrogen-bond acceptors (Lipinski definition) is 7. The van der Waals surface area contributed by atoms with Crippen molar-refractivity contribution < 1.29 is 14.4 Å². The summed E-state index contributed by atoms with van der Waals surface area (Å²) in [6, 6.07) is 13.9. The van der Waals surface area contributed by atoms with E-state index in [1.54, 1.807) is 0 Å². The zero-order valence-electron chi connectivity index (χ0n) is 26.5. The van der Waals surface area contributed by atoms with Crippen LogP contribution in [0.25, 0.3) is 11.0 Å². The van der Waals surface area contributed by atoms with E-state index in [1.807, 2.05) is 46.2 Å². The number of nitrogens with one attached hydrogen (secondary N) is 3. The number of carbonyl (C=O) groups excluding carboxylic acids is 3. The number of nitrogens with zero attached hydrogens (tertiary/aromatic N) is 6. The highest BCUT2D eigenvalue weighted by Gasteiger charge is 2.38. The van der Waals surface area contributed by atoms with Crippen LogP contribution in [0.5, 0.6) is 0 Å². The average molecular weight is 628 g/mol. The first-order valence-corrected chi connectivity index (χ1v) is 17.0. The lowest BCUT2D eigenvalue weighted by Gasteiger charge is -2.45. The summed E-state index contributed by atoms with van der Waals surface area (Å²) < 4.78 is 0. The number of rotatable bonds is 7. The molecule has 0 saturated carbocycles. The first kappa shape index (κ1) is 30.6. The molecule has 12 heteroatoms. The van der Waals surface area contributed by atoms with Crippen LogP contribution in [0.4, 0.5) is 10.5 Å². The van der Waals surface area contributed by atoms with Gasteiger partial charge in [0.05, 0.1) is 12.1 Å². The molecule has 0 radical (unpaired) electrons. The quantitative estimate of drug-likeness (QED) is 0.368. The van der Waals surface area contributed by atoms with Gasteiger partial charge in [-0.25, -0.2) is 4.79 Å². The number of carbonyl (C=O) groups is 3. The van der Waals surface area contributed by atoms with Gasteiger partial charge in [-0.15, -0.1) is 0 Å². The average Bonchev–Trinajstić information content (AvgIpc) is 3.50. The molecule has 4 amide bonds. The summed E-state index contributed by atoms with van der Waals surface area (Å²) in [4.78, 5) is 49.8. The summed E-state index contributed by atoms with van der Waals surface area (Å²) in [5.74, 6) is -0.372. The fourth-order valence-corrected chi connectivity index (χ4v) is 7.81. The van der Waals surface area contributed by atoms with Crippen LogP contribution in [0.15, 0.2) is 42.5 Å². The standard InChI is InChI=1S/C34H45N9O3/c44-32(41-16-11-27(12-17-41)42-18-10-25-5-1-2-6-28(25)36-34(42)46)23-26(21-24-8-9-29-30(22-24)38-39-37-29)33(45)43-15-4-3-7-31(43)40-19-13-35-14-20-40/h1-2,5-6,8-9,22,26-27,31,35H,3-4,7,10-21,23H2,(H,36,46)(H,37,38,39). The van der Waals surface area contributed by atoms with Crippen LogP contribution in [0.2, 0.25) is 0 Å². The Morgan fingerprint density at radius 3 is 2.54 bits per heavy atom. The van der Waals surface area contributed by atoms with Crippen molar-refractivity contribution in [2.45, 2.75) is 63.6 Å². The number of H-pyrrole nitrogens is 1. The van der Waals surface area contributed by atoms with E-state index in [0.29, 0.717) is 26.1 Å². The predicted octanol–water partition coefficient (Wildman–Crippen LogP) is 2.83. The number of piperidine rings is 2. The second-order valence-electron chi connectivity index (χ2n) is 13.2. The third-order valence-corrected chi connectivity index (χ3v) is 10.4. The number of piperazine rings is 1. The zero-order chi connectivity index (χ0) is 31.5. The van der Waals surface area contributed by atoms with E-state index in [4.69, 9.17) is 0 Å². The van der Waals surface area contributed by atoms with Crippen molar-refractivity contribution in [3.63, 3.8) is 0 Å². The minimum Gasteiger partial charge on any atom is -0.343 e. The van der Waals surface area contributed by atoms with Gasteiger partial charge in [-0.2, -0.15) is 15.4 Å². The maximum atomic E-state index is 14.4. The van der Waals surface area contributed by atoms with Gasteiger partial charge in [0.1, 0.15) is 11.0 Å². The molecule has 2 atom stereocenters. The van der Waals surface area contributed by atoms with Crippen LogP contribution in [-0.2, 0) is 22.4 Å². The number of fused-ring (bicyclic) bond motifs is 2. The van der Waals surface area contributed by atoms with E-state index in [-0.39, 0.29) is 36.5 Å². The van der Waals surface area contributed by atoms with Gasteiger partial charge < -0.3 is 25.3 Å². The first-order chi connectivity index (χ1) is 22.5. The molecule has 3 aromatic rings. The van der Waals surface area contributed by atoms with Crippen molar-refractivity contribution in [1.29, 1.82) is 0 Å². The van der Waals surface area contributed by atoms with Crippen LogP contribution in [0, 0.1) is 5.92 Å². The number of urea groups is 1. The van der Waals surface area contributed by atoms with Gasteiger partial charge in [0.15, 0.2) is 0 Å². The SMILES string of the molecule is O=C(CC(Cc1ccc2n[nH]nc2c1)C(=O)N1CCCCC1N1CCNCC1)N1CCC(N2CCc3ccccc3NC2=O)CC1. The van der Waals surface area contributed by atoms with Crippen molar-refractivity contribution in [2.24, 2.45) is 5.92 Å². The van der Waals surface area contributed by atoms with Crippen molar-refractivity contribution in [1.82, 2.24) is 40.3 Å². The predicted molar refractivity (Wildman–Crippen MR) is 175 cm³/mol. The van der Waals surface area contributed by atoms with Crippen LogP contribution < -0.4 is 10.6 Å². The van der Waals surface area contributed by atoms with Gasteiger partial charge in [-0.05, 0) is 74.3 Å². The number of anilines is 1. The van der Waals surface area contributed by atoms with E-state index in [1.165, 1.54) is 0 Å². The third-order valence-electron chi connectivity index (χ3n) is 10.4. The van der Waals surface area contributed by atoms with Crippen molar-refractivity contribution in [3.05, 3.63) is 53.6 Å². The van der Waals surface area contributed by atoms with Crippen molar-refractivity contribution in [3.8, 4) is 0 Å². The lowest BCUT2D eigenvalue weighted by atomic mass is 9.91. The molecule has 0 aliphatic carbocycles. The molecule has 4 aliphatic rings. The maximum absolute atomic E-state index is 14.4. The normalized spacial score (nSPS) is 22.3. The zero-order valence-corrected chi connectivity index (χ0v) is 26.5. The summed E-state index contributed by atoms with van der Waals surface area (Å²) >= 11 is 0. The van der Waals surface area contributed by atoms with E-state index >= 15 is 0 Å². The number of benzene rings is 2. The molecule has 5 heterocycles. The minimum atomic E-state index is -0.465. The van der Waals surface area contributed by atoms with Crippen LogP contribution >= 0.6 is 0 Å². The molecule has 0 spiro atoms. The number of likely N-dealkylation sites (tertiary alicyclic amines) is 2. The highest BCUT2D eigenvalue weighted by atomic mass is 16.2. The van der Waals surface area contributed by atoms with Crippen molar-refractivity contribution >= 4 is 34.6 Å². The molecule has 2 aromatic carbocycles. The van der Waals surface area contributed by atoms with Gasteiger partial charge in [0, 0.05) is 70.5 Å². The van der Waals surface area contributed by atoms with Gasteiger partial charge >= 0.3 is 6.03 Å². The van der Waals surface area contributed by atoms with Crippen molar-refractivity contribution in [2.75, 3.05) is 57.7 Å². The van der Waals surface area contributed by atoms with Crippen LogP contribution in [0.1, 0.15) is 49.7 Å². The van der Waals surface area contributed by atoms with Gasteiger partial charge in [0.2, 0.25) is 11.8 Å². The molecule has 3 N–H and O–H groups in total. The molecule has 4 aliphatic heterocycles. The number of aromatic nitrogens is 3. The second-order valence-corrected chi connectivity index (χ2v) is 13.2. The third kappa shape index (κ3) is 6.59. The Morgan fingerprint density at radius 1 is 0.891 bits per heavy atom. The monoisotopic (exact) mass is 627 g/mol. The molecule has 0 bridgehead atoms. The Balaban J connectivity index is 1.03. The smallest absolute Gasteiger partial charge is 0.322 e. The fraction of sp³-hybridized carbons (Fsp3) is 0.559. The Kier molecular flexibility index (Phi) is 9.16. The summed E-state index contributed by atoms with van der Waals surface area (Å²) in [6.07, 6.45) is 6.07. The first-order valence-electron chi connectivity index (χ1n) is 17.0. The Labute approximate surface area is 269 Å². The number of amides is 4. The van der Waals surface area contributed by atoms with Gasteiger partial charge in [-0.3, -0.25) is 14.5 Å².